The number of hydrogen-bond acceptors (Lipinski definition) is 2. The molecule has 0 unspecified atom stereocenters. The van der Waals surface area contributed by atoms with E-state index < -0.39 is 0 Å². The number of nitrogens with zero attached hydrogens (tertiary/aromatic N) is 1. The molecular weight excluding hydrogens is 274 g/mol. The lowest BCUT2D eigenvalue weighted by molar-refractivity contribution is 0.203. The molecule has 4 nitrogen and oxygen atoms in total. The zero-order valence-electron chi connectivity index (χ0n) is 11.9. The Labute approximate surface area is 125 Å². The molecule has 1 aliphatic carbocycles. The fraction of sp³-hybridized carbons (Fsp3) is 0.533. The Balaban J connectivity index is 1.98. The van der Waals surface area contributed by atoms with Crippen molar-refractivity contribution in [2.24, 2.45) is 10.7 Å². The maximum atomic E-state index is 5.95. The number of nitrogens with one attached hydrogen (secondary N) is 1. The summed E-state index contributed by atoms with van der Waals surface area (Å²) >= 11 is 5.95. The summed E-state index contributed by atoms with van der Waals surface area (Å²) in [5.74, 6) is 0.488. The molecule has 110 valence electrons. The summed E-state index contributed by atoms with van der Waals surface area (Å²) in [6.45, 7) is 2.03. The SMILES string of the molecule is COCCNC(N)=NCC1(c2ccc(Cl)cc2)CCC1. The lowest BCUT2D eigenvalue weighted by atomic mass is 9.64. The molecule has 20 heavy (non-hydrogen) atoms. The first-order valence-electron chi connectivity index (χ1n) is 6.95. The van der Waals surface area contributed by atoms with E-state index in [-0.39, 0.29) is 5.41 Å². The average molecular weight is 296 g/mol. The number of halogens is 1. The number of rotatable bonds is 6. The van der Waals surface area contributed by atoms with E-state index in [0.29, 0.717) is 19.1 Å². The van der Waals surface area contributed by atoms with Crippen LogP contribution in [0, 0.1) is 0 Å². The maximum absolute atomic E-state index is 5.95. The van der Waals surface area contributed by atoms with E-state index in [9.17, 15) is 0 Å². The highest BCUT2D eigenvalue weighted by atomic mass is 35.5. The third-order valence-electron chi connectivity index (χ3n) is 3.93. The largest absolute Gasteiger partial charge is 0.383 e. The van der Waals surface area contributed by atoms with Crippen LogP contribution in [0.3, 0.4) is 0 Å². The number of aliphatic imine (C=N–C) groups is 1. The standard InChI is InChI=1S/C15H22ClN3O/c1-20-10-9-18-14(17)19-11-15(7-2-8-15)12-3-5-13(16)6-4-12/h3-6H,2,7-11H2,1H3,(H3,17,18,19). The van der Waals surface area contributed by atoms with Crippen LogP contribution in [-0.2, 0) is 10.2 Å². The minimum atomic E-state index is 0.137. The van der Waals surface area contributed by atoms with E-state index in [1.165, 1.54) is 12.0 Å². The highest BCUT2D eigenvalue weighted by Gasteiger charge is 2.38. The van der Waals surface area contributed by atoms with E-state index in [1.54, 1.807) is 7.11 Å². The average Bonchev–Trinajstić information content (AvgIpc) is 2.40. The summed E-state index contributed by atoms with van der Waals surface area (Å²) in [6.07, 6.45) is 3.56. The van der Waals surface area contributed by atoms with Gasteiger partial charge in [0.05, 0.1) is 13.2 Å². The molecule has 2 rings (SSSR count). The maximum Gasteiger partial charge on any atom is 0.188 e. The topological polar surface area (TPSA) is 59.6 Å². The van der Waals surface area contributed by atoms with Crippen LogP contribution in [0.2, 0.25) is 5.02 Å². The van der Waals surface area contributed by atoms with Crippen LogP contribution in [0.1, 0.15) is 24.8 Å². The normalized spacial score (nSPS) is 17.6. The zero-order chi connectivity index (χ0) is 14.4. The molecule has 0 aromatic heterocycles. The molecule has 0 spiro atoms. The number of nitrogens with two attached hydrogens (primary N) is 1. The predicted octanol–water partition coefficient (Wildman–Crippen LogP) is 2.31. The van der Waals surface area contributed by atoms with Crippen molar-refractivity contribution in [3.05, 3.63) is 34.9 Å². The summed E-state index contributed by atoms with van der Waals surface area (Å²) < 4.78 is 4.96. The van der Waals surface area contributed by atoms with Gasteiger partial charge in [0.25, 0.3) is 0 Å². The van der Waals surface area contributed by atoms with Crippen molar-refractivity contribution in [3.63, 3.8) is 0 Å². The number of ether oxygens (including phenoxy) is 1. The van der Waals surface area contributed by atoms with Gasteiger partial charge in [-0.05, 0) is 30.5 Å². The minimum Gasteiger partial charge on any atom is -0.383 e. The number of benzene rings is 1. The Morgan fingerprint density at radius 2 is 2.10 bits per heavy atom. The van der Waals surface area contributed by atoms with Gasteiger partial charge in [-0.2, -0.15) is 0 Å². The van der Waals surface area contributed by atoms with Gasteiger partial charge in [0, 0.05) is 24.1 Å². The molecule has 0 radical (unpaired) electrons. The van der Waals surface area contributed by atoms with Crippen molar-refractivity contribution in [1.29, 1.82) is 0 Å². The van der Waals surface area contributed by atoms with Crippen molar-refractivity contribution in [2.75, 3.05) is 26.8 Å². The predicted molar refractivity (Wildman–Crippen MR) is 83.3 cm³/mol. The van der Waals surface area contributed by atoms with Crippen molar-refractivity contribution in [3.8, 4) is 0 Å². The number of guanidine groups is 1. The van der Waals surface area contributed by atoms with Gasteiger partial charge < -0.3 is 15.8 Å². The molecule has 0 bridgehead atoms. The molecule has 0 saturated heterocycles. The smallest absolute Gasteiger partial charge is 0.188 e. The monoisotopic (exact) mass is 295 g/mol. The highest BCUT2D eigenvalue weighted by molar-refractivity contribution is 6.30. The van der Waals surface area contributed by atoms with Gasteiger partial charge >= 0.3 is 0 Å². The quantitative estimate of drug-likeness (QED) is 0.481. The van der Waals surface area contributed by atoms with E-state index in [4.69, 9.17) is 22.1 Å². The number of methoxy groups -OCH3 is 1. The Morgan fingerprint density at radius 3 is 2.65 bits per heavy atom. The van der Waals surface area contributed by atoms with Gasteiger partial charge in [0.15, 0.2) is 5.96 Å². The first-order chi connectivity index (χ1) is 9.66. The zero-order valence-corrected chi connectivity index (χ0v) is 12.6. The molecule has 1 saturated carbocycles. The van der Waals surface area contributed by atoms with Crippen LogP contribution in [0.25, 0.3) is 0 Å². The number of hydrogen-bond donors (Lipinski definition) is 2. The van der Waals surface area contributed by atoms with Gasteiger partial charge in [-0.15, -0.1) is 0 Å². The lowest BCUT2D eigenvalue weighted by Gasteiger charge is -2.41. The molecule has 0 atom stereocenters. The molecule has 5 heteroatoms. The Bertz CT molecular complexity index is 455. The van der Waals surface area contributed by atoms with Crippen molar-refractivity contribution in [1.82, 2.24) is 5.32 Å². The molecule has 1 fully saturated rings. The summed E-state index contributed by atoms with van der Waals surface area (Å²) in [5.41, 5.74) is 7.31. The Kier molecular flexibility index (Phi) is 5.26. The second-order valence-electron chi connectivity index (χ2n) is 5.26. The minimum absolute atomic E-state index is 0.137. The van der Waals surface area contributed by atoms with Gasteiger partial charge in [-0.1, -0.05) is 30.2 Å². The second kappa shape index (κ2) is 6.95. The fourth-order valence-corrected chi connectivity index (χ4v) is 2.64. The molecular formula is C15H22ClN3O. The van der Waals surface area contributed by atoms with Crippen LogP contribution in [-0.4, -0.2) is 32.8 Å². The van der Waals surface area contributed by atoms with Gasteiger partial charge in [-0.25, -0.2) is 0 Å². The van der Waals surface area contributed by atoms with Crippen LogP contribution < -0.4 is 11.1 Å². The Morgan fingerprint density at radius 1 is 1.40 bits per heavy atom. The van der Waals surface area contributed by atoms with E-state index in [1.807, 2.05) is 12.1 Å². The molecule has 0 heterocycles. The second-order valence-corrected chi connectivity index (χ2v) is 5.70. The van der Waals surface area contributed by atoms with Gasteiger partial charge in [0.1, 0.15) is 0 Å². The molecule has 1 aromatic rings. The van der Waals surface area contributed by atoms with Crippen molar-refractivity contribution < 1.29 is 4.74 Å². The lowest BCUT2D eigenvalue weighted by Crippen LogP contribution is -2.40. The molecule has 1 aromatic carbocycles. The summed E-state index contributed by atoms with van der Waals surface area (Å²) in [7, 11) is 1.67. The fourth-order valence-electron chi connectivity index (χ4n) is 2.52. The third kappa shape index (κ3) is 3.64. The highest BCUT2D eigenvalue weighted by Crippen LogP contribution is 2.44. The van der Waals surface area contributed by atoms with E-state index in [0.717, 1.165) is 24.4 Å². The third-order valence-corrected chi connectivity index (χ3v) is 4.18. The Hall–Kier alpha value is -1.26. The van der Waals surface area contributed by atoms with Crippen LogP contribution >= 0.6 is 11.6 Å². The van der Waals surface area contributed by atoms with Crippen molar-refractivity contribution >= 4 is 17.6 Å². The van der Waals surface area contributed by atoms with Gasteiger partial charge in [-0.3, -0.25) is 4.99 Å². The molecule has 0 aliphatic heterocycles. The molecule has 1 aliphatic rings. The summed E-state index contributed by atoms with van der Waals surface area (Å²) in [6, 6.07) is 8.10. The van der Waals surface area contributed by atoms with Crippen molar-refractivity contribution in [2.45, 2.75) is 24.7 Å². The van der Waals surface area contributed by atoms with E-state index >= 15 is 0 Å². The first kappa shape index (κ1) is 15.1. The molecule has 3 N–H and O–H groups in total. The van der Waals surface area contributed by atoms with Crippen LogP contribution in [0.15, 0.2) is 29.3 Å². The summed E-state index contributed by atoms with van der Waals surface area (Å²) in [5, 5.41) is 3.82. The van der Waals surface area contributed by atoms with Gasteiger partial charge in [0.2, 0.25) is 0 Å². The summed E-state index contributed by atoms with van der Waals surface area (Å²) in [4.78, 5) is 4.48. The molecule has 0 amide bonds. The van der Waals surface area contributed by atoms with Crippen LogP contribution in [0.4, 0.5) is 0 Å². The first-order valence-corrected chi connectivity index (χ1v) is 7.33. The van der Waals surface area contributed by atoms with E-state index in [2.05, 4.69) is 22.4 Å². The van der Waals surface area contributed by atoms with Crippen LogP contribution in [0.5, 0.6) is 0 Å².